The zero-order valence-electron chi connectivity index (χ0n) is 13.5. The quantitative estimate of drug-likeness (QED) is 0.632. The van der Waals surface area contributed by atoms with Crippen molar-refractivity contribution in [3.8, 4) is 0 Å². The van der Waals surface area contributed by atoms with Gasteiger partial charge >= 0.3 is 0 Å². The van der Waals surface area contributed by atoms with E-state index in [1.807, 2.05) is 0 Å². The molecule has 0 amide bonds. The van der Waals surface area contributed by atoms with Crippen LogP contribution in [0.3, 0.4) is 0 Å². The summed E-state index contributed by atoms with van der Waals surface area (Å²) >= 11 is 0. The van der Waals surface area contributed by atoms with Crippen LogP contribution in [0.25, 0.3) is 5.57 Å². The Balaban J connectivity index is 2.25. The maximum Gasteiger partial charge on any atom is -0.00359 e. The summed E-state index contributed by atoms with van der Waals surface area (Å²) in [6, 6.07) is 21.4. The van der Waals surface area contributed by atoms with Gasteiger partial charge < -0.3 is 0 Å². The normalized spacial score (nSPS) is 14.1. The molecule has 0 saturated heterocycles. The molecule has 0 atom stereocenters. The Bertz CT molecular complexity index is 694. The van der Waals surface area contributed by atoms with Crippen molar-refractivity contribution in [1.82, 2.24) is 0 Å². The first-order valence-electron chi connectivity index (χ1n) is 7.82. The molecule has 2 aromatic carbocycles. The van der Waals surface area contributed by atoms with Gasteiger partial charge in [0.15, 0.2) is 0 Å². The average molecular weight is 286 g/mol. The summed E-state index contributed by atoms with van der Waals surface area (Å²) in [4.78, 5) is 0. The van der Waals surface area contributed by atoms with Crippen LogP contribution in [-0.2, 0) is 0 Å². The third-order valence-corrected chi connectivity index (χ3v) is 4.02. The van der Waals surface area contributed by atoms with Gasteiger partial charge in [0.1, 0.15) is 0 Å². The van der Waals surface area contributed by atoms with Gasteiger partial charge in [-0.15, -0.1) is 0 Å². The average Bonchev–Trinajstić information content (AvgIpc) is 2.99. The summed E-state index contributed by atoms with van der Waals surface area (Å²) in [6.45, 7) is 6.83. The highest BCUT2D eigenvalue weighted by Gasteiger charge is 2.24. The van der Waals surface area contributed by atoms with E-state index >= 15 is 0 Å². The number of rotatable bonds is 2. The van der Waals surface area contributed by atoms with Gasteiger partial charge in [0.2, 0.25) is 0 Å². The lowest BCUT2D eigenvalue weighted by Crippen LogP contribution is -2.10. The zero-order valence-corrected chi connectivity index (χ0v) is 13.5. The lowest BCUT2D eigenvalue weighted by molar-refractivity contribution is 0.514. The molecule has 1 aliphatic rings. The van der Waals surface area contributed by atoms with Crippen molar-refractivity contribution in [3.63, 3.8) is 0 Å². The van der Waals surface area contributed by atoms with Crippen molar-refractivity contribution in [2.45, 2.75) is 20.8 Å². The molecule has 0 aliphatic heterocycles. The minimum Gasteiger partial charge on any atom is -0.0622 e. The fourth-order valence-corrected chi connectivity index (χ4v) is 2.98. The van der Waals surface area contributed by atoms with Crippen molar-refractivity contribution in [3.05, 3.63) is 101 Å². The smallest absolute Gasteiger partial charge is 0.00359 e. The van der Waals surface area contributed by atoms with Gasteiger partial charge in [-0.3, -0.25) is 0 Å². The summed E-state index contributed by atoms with van der Waals surface area (Å²) in [7, 11) is 0. The standard InChI is InChI=1S/C22H22/c1-22(2,3)20-16-10-15-19(20)21(17-11-6-4-7-12-17)18-13-8-5-9-14-18/h4-16H,1-3H3. The van der Waals surface area contributed by atoms with E-state index in [2.05, 4.69) is 99.7 Å². The van der Waals surface area contributed by atoms with Crippen LogP contribution in [0.4, 0.5) is 0 Å². The molecule has 110 valence electrons. The molecule has 1 aliphatic carbocycles. The summed E-state index contributed by atoms with van der Waals surface area (Å²) in [5.41, 5.74) is 6.72. The Morgan fingerprint density at radius 3 is 1.68 bits per heavy atom. The number of allylic oxidation sites excluding steroid dienone is 5. The predicted molar refractivity (Wildman–Crippen MR) is 95.6 cm³/mol. The van der Waals surface area contributed by atoms with Crippen LogP contribution in [-0.4, -0.2) is 0 Å². The van der Waals surface area contributed by atoms with Crippen LogP contribution in [0, 0.1) is 5.41 Å². The number of hydrogen-bond donors (Lipinski definition) is 0. The highest BCUT2D eigenvalue weighted by atomic mass is 14.3. The van der Waals surface area contributed by atoms with Crippen LogP contribution in [0.5, 0.6) is 0 Å². The lowest BCUT2D eigenvalue weighted by atomic mass is 9.79. The first kappa shape index (κ1) is 14.6. The summed E-state index contributed by atoms with van der Waals surface area (Å²) in [5, 5.41) is 0. The highest BCUT2D eigenvalue weighted by Crippen LogP contribution is 2.41. The molecule has 0 unspecified atom stereocenters. The molecule has 0 fully saturated rings. The van der Waals surface area contributed by atoms with Crippen LogP contribution in [0.15, 0.2) is 90.0 Å². The molecule has 3 rings (SSSR count). The second-order valence-electron chi connectivity index (χ2n) is 6.71. The highest BCUT2D eigenvalue weighted by molar-refractivity contribution is 5.87. The number of benzene rings is 2. The topological polar surface area (TPSA) is 0 Å². The molecule has 0 radical (unpaired) electrons. The summed E-state index contributed by atoms with van der Waals surface area (Å²) < 4.78 is 0. The van der Waals surface area contributed by atoms with Gasteiger partial charge in [-0.05, 0) is 33.3 Å². The maximum absolute atomic E-state index is 2.28. The van der Waals surface area contributed by atoms with Crippen molar-refractivity contribution in [2.75, 3.05) is 0 Å². The fourth-order valence-electron chi connectivity index (χ4n) is 2.98. The largest absolute Gasteiger partial charge is 0.0622 e. The summed E-state index contributed by atoms with van der Waals surface area (Å²) in [5.74, 6) is 0. The van der Waals surface area contributed by atoms with Crippen molar-refractivity contribution in [1.29, 1.82) is 0 Å². The summed E-state index contributed by atoms with van der Waals surface area (Å²) in [6.07, 6.45) is 6.67. The van der Waals surface area contributed by atoms with Gasteiger partial charge in [-0.1, -0.05) is 99.7 Å². The molecule has 2 aromatic rings. The minimum absolute atomic E-state index is 0.133. The molecule has 0 heterocycles. The lowest BCUT2D eigenvalue weighted by Gasteiger charge is -2.24. The first-order valence-corrected chi connectivity index (χ1v) is 7.82. The van der Waals surface area contributed by atoms with E-state index < -0.39 is 0 Å². The van der Waals surface area contributed by atoms with E-state index in [1.54, 1.807) is 0 Å². The van der Waals surface area contributed by atoms with Crippen LogP contribution >= 0.6 is 0 Å². The second kappa shape index (κ2) is 5.81. The Labute approximate surface area is 133 Å². The van der Waals surface area contributed by atoms with Gasteiger partial charge in [0.05, 0.1) is 0 Å². The molecule has 0 spiro atoms. The molecule has 0 N–H and O–H groups in total. The Morgan fingerprint density at radius 2 is 1.23 bits per heavy atom. The fraction of sp³-hybridized carbons (Fsp3) is 0.182. The Morgan fingerprint density at radius 1 is 0.727 bits per heavy atom. The zero-order chi connectivity index (χ0) is 15.6. The van der Waals surface area contributed by atoms with E-state index in [9.17, 15) is 0 Å². The molecule has 0 nitrogen and oxygen atoms in total. The second-order valence-corrected chi connectivity index (χ2v) is 6.71. The number of hydrogen-bond acceptors (Lipinski definition) is 0. The van der Waals surface area contributed by atoms with E-state index in [1.165, 1.54) is 27.8 Å². The molecule has 22 heavy (non-hydrogen) atoms. The van der Waals surface area contributed by atoms with Gasteiger partial charge in [-0.2, -0.15) is 0 Å². The third kappa shape index (κ3) is 2.82. The molecular formula is C22H22. The van der Waals surface area contributed by atoms with E-state index in [-0.39, 0.29) is 5.41 Å². The molecular weight excluding hydrogens is 264 g/mol. The molecule has 0 saturated carbocycles. The van der Waals surface area contributed by atoms with Crippen LogP contribution in [0.1, 0.15) is 31.9 Å². The van der Waals surface area contributed by atoms with E-state index in [0.717, 1.165) is 0 Å². The monoisotopic (exact) mass is 286 g/mol. The van der Waals surface area contributed by atoms with E-state index in [4.69, 9.17) is 0 Å². The van der Waals surface area contributed by atoms with Gasteiger partial charge in [0.25, 0.3) is 0 Å². The Kier molecular flexibility index (Phi) is 3.85. The SMILES string of the molecule is CC(C)(C)C1=CC=CC1=C(c1ccccc1)c1ccccc1. The first-order chi connectivity index (χ1) is 10.6. The van der Waals surface area contributed by atoms with Gasteiger partial charge in [-0.25, -0.2) is 0 Å². The van der Waals surface area contributed by atoms with Crippen LogP contribution < -0.4 is 0 Å². The minimum atomic E-state index is 0.133. The molecule has 0 bridgehead atoms. The predicted octanol–water partition coefficient (Wildman–Crippen LogP) is 6.03. The Hall–Kier alpha value is -2.34. The third-order valence-electron chi connectivity index (χ3n) is 4.02. The van der Waals surface area contributed by atoms with E-state index in [0.29, 0.717) is 0 Å². The van der Waals surface area contributed by atoms with Crippen molar-refractivity contribution < 1.29 is 0 Å². The van der Waals surface area contributed by atoms with Gasteiger partial charge in [0, 0.05) is 0 Å². The molecule has 0 heteroatoms. The van der Waals surface area contributed by atoms with Crippen molar-refractivity contribution >= 4 is 5.57 Å². The van der Waals surface area contributed by atoms with Crippen LogP contribution in [0.2, 0.25) is 0 Å². The molecule has 0 aromatic heterocycles. The van der Waals surface area contributed by atoms with Crippen molar-refractivity contribution in [2.24, 2.45) is 5.41 Å². The maximum atomic E-state index is 2.28.